The third-order valence-corrected chi connectivity index (χ3v) is 5.79. The Bertz CT molecular complexity index is 735. The van der Waals surface area contributed by atoms with Gasteiger partial charge in [-0.2, -0.15) is 0 Å². The van der Waals surface area contributed by atoms with Crippen LogP contribution in [0.5, 0.6) is 0 Å². The number of hydrogen-bond donors (Lipinski definition) is 2. The predicted molar refractivity (Wildman–Crippen MR) is 113 cm³/mol. The number of anilines is 1. The molecule has 3 rings (SSSR count). The average molecular weight is 433 g/mol. The van der Waals surface area contributed by atoms with E-state index in [0.717, 1.165) is 23.7 Å². The zero-order chi connectivity index (χ0) is 19.1. The van der Waals surface area contributed by atoms with Crippen molar-refractivity contribution in [3.05, 3.63) is 52.4 Å². The Kier molecular flexibility index (Phi) is 7.53. The highest BCUT2D eigenvalue weighted by Crippen LogP contribution is 2.26. The van der Waals surface area contributed by atoms with Crippen molar-refractivity contribution in [1.82, 2.24) is 5.32 Å². The smallest absolute Gasteiger partial charge is 0.291 e. The fourth-order valence-corrected chi connectivity index (χ4v) is 4.19. The summed E-state index contributed by atoms with van der Waals surface area (Å²) >= 11 is 3.23. The monoisotopic (exact) mass is 432 g/mol. The van der Waals surface area contributed by atoms with E-state index in [1.807, 2.05) is 18.2 Å². The van der Waals surface area contributed by atoms with Gasteiger partial charge in [-0.1, -0.05) is 56.7 Å². The van der Waals surface area contributed by atoms with Gasteiger partial charge in [0, 0.05) is 18.3 Å². The molecule has 2 aromatic rings. The van der Waals surface area contributed by atoms with Crippen LogP contribution in [0, 0.1) is 5.92 Å². The third-order valence-electron chi connectivity index (χ3n) is 5.37. The minimum Gasteiger partial charge on any atom is -0.444 e. The molecule has 1 saturated carbocycles. The van der Waals surface area contributed by atoms with E-state index in [1.54, 1.807) is 12.1 Å². The molecule has 1 aliphatic carbocycles. The van der Waals surface area contributed by atoms with E-state index in [4.69, 9.17) is 4.42 Å². The molecule has 0 spiro atoms. The molecule has 0 bridgehead atoms. The van der Waals surface area contributed by atoms with Crippen LogP contribution in [0.25, 0.3) is 0 Å². The van der Waals surface area contributed by atoms with Gasteiger partial charge in [0.25, 0.3) is 5.91 Å². The number of carbonyl (C=O) groups is 1. The molecule has 1 amide bonds. The number of amides is 1. The number of hydrogen-bond acceptors (Lipinski definition) is 3. The molecule has 0 unspecified atom stereocenters. The number of nitrogens with one attached hydrogen (secondary N) is 2. The summed E-state index contributed by atoms with van der Waals surface area (Å²) in [6.07, 6.45) is 9.54. The normalized spacial score (nSPS) is 16.7. The van der Waals surface area contributed by atoms with E-state index in [9.17, 15) is 4.79 Å². The first kappa shape index (κ1) is 20.2. The molecule has 146 valence electrons. The Morgan fingerprint density at radius 3 is 2.59 bits per heavy atom. The van der Waals surface area contributed by atoms with Gasteiger partial charge < -0.3 is 15.1 Å². The fourth-order valence-electron chi connectivity index (χ4n) is 3.88. The number of furan rings is 1. The van der Waals surface area contributed by atoms with Gasteiger partial charge >= 0.3 is 0 Å². The Balaban J connectivity index is 1.54. The molecule has 0 saturated heterocycles. The van der Waals surface area contributed by atoms with Crippen LogP contribution >= 0.6 is 15.9 Å². The lowest BCUT2D eigenvalue weighted by Crippen LogP contribution is -2.28. The van der Waals surface area contributed by atoms with E-state index in [-0.39, 0.29) is 5.91 Å². The summed E-state index contributed by atoms with van der Waals surface area (Å²) in [5.74, 6) is 0.911. The number of para-hydroxylation sites is 1. The van der Waals surface area contributed by atoms with E-state index in [1.165, 1.54) is 44.9 Å². The summed E-state index contributed by atoms with van der Waals surface area (Å²) in [5.41, 5.74) is 1.91. The van der Waals surface area contributed by atoms with Crippen LogP contribution < -0.4 is 10.6 Å². The number of halogens is 1. The molecule has 0 radical (unpaired) electrons. The lowest BCUT2D eigenvalue weighted by molar-refractivity contribution is 0.0995. The van der Waals surface area contributed by atoms with Crippen LogP contribution in [0.15, 0.2) is 45.5 Å². The van der Waals surface area contributed by atoms with Crippen LogP contribution in [-0.2, 0) is 6.54 Å². The van der Waals surface area contributed by atoms with Crippen LogP contribution in [0.1, 0.15) is 68.0 Å². The second-order valence-corrected chi connectivity index (χ2v) is 8.37. The first-order chi connectivity index (χ1) is 13.1. The van der Waals surface area contributed by atoms with Crippen molar-refractivity contribution < 1.29 is 9.21 Å². The standard InChI is InChI=1S/C22H29BrN2O2/c1-16(14-17-8-4-2-3-5-9-17)24-15-18-10-6-7-11-19(18)25-22(26)20-12-13-21(23)27-20/h6-7,10-13,16-17,24H,2-5,8-9,14-15H2,1H3,(H,25,26)/t16-/m0/s1. The van der Waals surface area contributed by atoms with E-state index in [0.29, 0.717) is 16.5 Å². The van der Waals surface area contributed by atoms with Crippen LogP contribution in [0.2, 0.25) is 0 Å². The topological polar surface area (TPSA) is 54.3 Å². The number of rotatable bonds is 7. The Labute approximate surface area is 170 Å². The first-order valence-corrected chi connectivity index (χ1v) is 10.8. The Hall–Kier alpha value is -1.59. The van der Waals surface area contributed by atoms with E-state index in [2.05, 4.69) is 39.6 Å². The molecule has 0 aliphatic heterocycles. The van der Waals surface area contributed by atoms with Crippen LogP contribution in [-0.4, -0.2) is 11.9 Å². The van der Waals surface area contributed by atoms with Gasteiger partial charge in [-0.3, -0.25) is 4.79 Å². The van der Waals surface area contributed by atoms with Crippen molar-refractivity contribution in [1.29, 1.82) is 0 Å². The highest BCUT2D eigenvalue weighted by atomic mass is 79.9. The minimum absolute atomic E-state index is 0.236. The molecule has 27 heavy (non-hydrogen) atoms. The van der Waals surface area contributed by atoms with Crippen molar-refractivity contribution in [3.8, 4) is 0 Å². The van der Waals surface area contributed by atoms with Gasteiger partial charge in [-0.05, 0) is 59.0 Å². The number of benzene rings is 1. The fraction of sp³-hybridized carbons (Fsp3) is 0.500. The summed E-state index contributed by atoms with van der Waals surface area (Å²) in [6, 6.07) is 11.8. The predicted octanol–water partition coefficient (Wildman–Crippen LogP) is 6.13. The quantitative estimate of drug-likeness (QED) is 0.517. The van der Waals surface area contributed by atoms with Gasteiger partial charge in [-0.15, -0.1) is 0 Å². The summed E-state index contributed by atoms with van der Waals surface area (Å²) in [4.78, 5) is 12.4. The summed E-state index contributed by atoms with van der Waals surface area (Å²) < 4.78 is 5.89. The molecule has 1 aliphatic rings. The van der Waals surface area contributed by atoms with Crippen molar-refractivity contribution in [2.75, 3.05) is 5.32 Å². The van der Waals surface area contributed by atoms with Crippen molar-refractivity contribution in [2.45, 2.75) is 64.5 Å². The number of carbonyl (C=O) groups excluding carboxylic acids is 1. The Morgan fingerprint density at radius 2 is 1.89 bits per heavy atom. The third kappa shape index (κ3) is 6.22. The lowest BCUT2D eigenvalue weighted by Gasteiger charge is -2.21. The molecular formula is C22H29BrN2O2. The maximum absolute atomic E-state index is 12.4. The second kappa shape index (κ2) is 10.1. The maximum atomic E-state index is 12.4. The molecule has 4 nitrogen and oxygen atoms in total. The van der Waals surface area contributed by atoms with Crippen LogP contribution in [0.4, 0.5) is 5.69 Å². The highest BCUT2D eigenvalue weighted by Gasteiger charge is 2.16. The summed E-state index contributed by atoms with van der Waals surface area (Å²) in [5, 5.41) is 6.60. The molecule has 1 fully saturated rings. The van der Waals surface area contributed by atoms with Crippen molar-refractivity contribution >= 4 is 27.5 Å². The zero-order valence-corrected chi connectivity index (χ0v) is 17.6. The molecule has 5 heteroatoms. The summed E-state index contributed by atoms with van der Waals surface area (Å²) in [6.45, 7) is 3.01. The van der Waals surface area contributed by atoms with Gasteiger partial charge in [0.2, 0.25) is 0 Å². The molecule has 1 heterocycles. The lowest BCUT2D eigenvalue weighted by atomic mass is 9.93. The van der Waals surface area contributed by atoms with Gasteiger partial charge in [0.05, 0.1) is 0 Å². The van der Waals surface area contributed by atoms with E-state index < -0.39 is 0 Å². The van der Waals surface area contributed by atoms with E-state index >= 15 is 0 Å². The van der Waals surface area contributed by atoms with Crippen molar-refractivity contribution in [3.63, 3.8) is 0 Å². The van der Waals surface area contributed by atoms with Gasteiger partial charge in [0.1, 0.15) is 0 Å². The molecule has 1 atom stereocenters. The molecule has 1 aromatic carbocycles. The Morgan fingerprint density at radius 1 is 1.15 bits per heavy atom. The zero-order valence-electron chi connectivity index (χ0n) is 16.0. The summed E-state index contributed by atoms with van der Waals surface area (Å²) in [7, 11) is 0. The van der Waals surface area contributed by atoms with Gasteiger partial charge in [-0.25, -0.2) is 0 Å². The highest BCUT2D eigenvalue weighted by molar-refractivity contribution is 9.10. The molecule has 1 aromatic heterocycles. The molecule has 2 N–H and O–H groups in total. The SMILES string of the molecule is C[C@@H](CC1CCCCCC1)NCc1ccccc1NC(=O)c1ccc(Br)o1. The second-order valence-electron chi connectivity index (χ2n) is 7.59. The maximum Gasteiger partial charge on any atom is 0.291 e. The largest absolute Gasteiger partial charge is 0.444 e. The van der Waals surface area contributed by atoms with Crippen molar-refractivity contribution in [2.24, 2.45) is 5.92 Å². The average Bonchev–Trinajstić information content (AvgIpc) is 2.94. The van der Waals surface area contributed by atoms with Gasteiger partial charge in [0.15, 0.2) is 10.4 Å². The first-order valence-electron chi connectivity index (χ1n) is 10.00. The molecular weight excluding hydrogens is 404 g/mol. The van der Waals surface area contributed by atoms with Crippen LogP contribution in [0.3, 0.4) is 0 Å². The minimum atomic E-state index is -0.236.